The van der Waals surface area contributed by atoms with E-state index in [1.807, 2.05) is 18.2 Å². The molecule has 1 aromatic carbocycles. The van der Waals surface area contributed by atoms with Gasteiger partial charge in [-0.1, -0.05) is 79.0 Å². The Bertz CT molecular complexity index is 542. The van der Waals surface area contributed by atoms with E-state index in [-0.39, 0.29) is 18.1 Å². The van der Waals surface area contributed by atoms with Gasteiger partial charge in [-0.2, -0.15) is 0 Å². The lowest BCUT2D eigenvalue weighted by Crippen LogP contribution is -2.20. The van der Waals surface area contributed by atoms with Crippen LogP contribution in [0.4, 0.5) is 0 Å². The third-order valence-electron chi connectivity index (χ3n) is 4.82. The Balaban J connectivity index is 2.34. The molecule has 0 fully saturated rings. The Morgan fingerprint density at radius 2 is 1.77 bits per heavy atom. The highest BCUT2D eigenvalue weighted by Crippen LogP contribution is 2.24. The Labute approximate surface area is 168 Å². The van der Waals surface area contributed by atoms with Crippen molar-refractivity contribution in [2.24, 2.45) is 11.8 Å². The van der Waals surface area contributed by atoms with Crippen molar-refractivity contribution in [3.05, 3.63) is 58.6 Å². The second kappa shape index (κ2) is 13.4. The Hall–Kier alpha value is -0.800. The molecule has 0 heterocycles. The van der Waals surface area contributed by atoms with Gasteiger partial charge in [-0.25, -0.2) is 0 Å². The van der Waals surface area contributed by atoms with E-state index in [2.05, 4.69) is 26.0 Å². The topological polar surface area (TPSA) is 40.5 Å². The van der Waals surface area contributed by atoms with Crippen molar-refractivity contribution >= 4 is 23.2 Å². The fourth-order valence-electron chi connectivity index (χ4n) is 3.23. The first-order valence-electron chi connectivity index (χ1n) is 9.39. The second-order valence-electron chi connectivity index (χ2n) is 7.35. The molecular weight excluding hydrogens is 367 g/mol. The largest absolute Gasteiger partial charge is 0.393 e. The van der Waals surface area contributed by atoms with Crippen LogP contribution >= 0.6 is 23.2 Å². The van der Waals surface area contributed by atoms with Crippen LogP contribution in [0.1, 0.15) is 51.5 Å². The molecular formula is C22H32Cl2O2. The molecule has 0 bridgehead atoms. The van der Waals surface area contributed by atoms with Crippen molar-refractivity contribution in [2.45, 2.75) is 64.6 Å². The molecule has 4 atom stereocenters. The van der Waals surface area contributed by atoms with E-state index in [0.717, 1.165) is 31.3 Å². The van der Waals surface area contributed by atoms with Gasteiger partial charge in [-0.15, -0.1) is 0 Å². The summed E-state index contributed by atoms with van der Waals surface area (Å²) >= 11 is 11.5. The SMILES string of the molecule is CC(CCC(O)CC(=CCl)Cc1ccccc1)CC(C)C(O)CC=CCl. The van der Waals surface area contributed by atoms with Gasteiger partial charge in [0.25, 0.3) is 0 Å². The van der Waals surface area contributed by atoms with E-state index in [9.17, 15) is 10.2 Å². The van der Waals surface area contributed by atoms with Gasteiger partial charge in [-0.05, 0) is 55.9 Å². The number of hydrogen-bond donors (Lipinski definition) is 2. The minimum atomic E-state index is -0.384. The standard InChI is InChI=1S/C22H32Cl2O2/c1-17(13-18(2)22(26)9-6-12-23)10-11-21(25)15-20(16-24)14-19-7-4-3-5-8-19/h3-8,12,16-18,21-22,25-26H,9-11,13-15H2,1-2H3. The van der Waals surface area contributed by atoms with Gasteiger partial charge < -0.3 is 10.2 Å². The third-order valence-corrected chi connectivity index (χ3v) is 5.30. The lowest BCUT2D eigenvalue weighted by atomic mass is 9.87. The summed E-state index contributed by atoms with van der Waals surface area (Å²) in [5.41, 5.74) is 5.30. The Morgan fingerprint density at radius 3 is 2.38 bits per heavy atom. The molecule has 0 aliphatic carbocycles. The Kier molecular flexibility index (Phi) is 12.0. The molecule has 2 nitrogen and oxygen atoms in total. The number of rotatable bonds is 12. The molecule has 0 saturated heterocycles. The maximum absolute atomic E-state index is 10.4. The average Bonchev–Trinajstić information content (AvgIpc) is 2.64. The quantitative estimate of drug-likeness (QED) is 0.449. The normalized spacial score (nSPS) is 17.2. The van der Waals surface area contributed by atoms with E-state index >= 15 is 0 Å². The first-order valence-corrected chi connectivity index (χ1v) is 10.3. The highest BCUT2D eigenvalue weighted by Gasteiger charge is 2.17. The number of halogens is 2. The molecule has 0 aliphatic heterocycles. The van der Waals surface area contributed by atoms with Crippen LogP contribution in [0.5, 0.6) is 0 Å². The molecule has 0 aromatic heterocycles. The van der Waals surface area contributed by atoms with Crippen LogP contribution < -0.4 is 0 Å². The third kappa shape index (κ3) is 9.78. The van der Waals surface area contributed by atoms with Crippen LogP contribution in [0, 0.1) is 11.8 Å². The summed E-state index contributed by atoms with van der Waals surface area (Å²) in [7, 11) is 0. The van der Waals surface area contributed by atoms with Crippen LogP contribution in [-0.4, -0.2) is 22.4 Å². The second-order valence-corrected chi connectivity index (χ2v) is 7.82. The molecule has 4 heteroatoms. The predicted molar refractivity (Wildman–Crippen MR) is 113 cm³/mol. The van der Waals surface area contributed by atoms with E-state index in [0.29, 0.717) is 18.8 Å². The van der Waals surface area contributed by atoms with E-state index in [1.165, 1.54) is 11.1 Å². The Morgan fingerprint density at radius 1 is 1.08 bits per heavy atom. The van der Waals surface area contributed by atoms with Crippen molar-refractivity contribution < 1.29 is 10.2 Å². The number of aliphatic hydroxyl groups is 2. The molecule has 0 aliphatic rings. The van der Waals surface area contributed by atoms with Crippen LogP contribution in [-0.2, 0) is 6.42 Å². The van der Waals surface area contributed by atoms with Crippen molar-refractivity contribution in [1.29, 1.82) is 0 Å². The highest BCUT2D eigenvalue weighted by molar-refractivity contribution is 6.25. The van der Waals surface area contributed by atoms with Crippen molar-refractivity contribution in [3.63, 3.8) is 0 Å². The zero-order valence-corrected chi connectivity index (χ0v) is 17.3. The number of aliphatic hydroxyl groups excluding tert-OH is 2. The summed E-state index contributed by atoms with van der Waals surface area (Å²) in [6, 6.07) is 10.2. The molecule has 146 valence electrons. The lowest BCUT2D eigenvalue weighted by molar-refractivity contribution is 0.101. The van der Waals surface area contributed by atoms with Gasteiger partial charge in [-0.3, -0.25) is 0 Å². The zero-order valence-electron chi connectivity index (χ0n) is 15.8. The van der Waals surface area contributed by atoms with Gasteiger partial charge >= 0.3 is 0 Å². The molecule has 0 spiro atoms. The van der Waals surface area contributed by atoms with Crippen molar-refractivity contribution in [3.8, 4) is 0 Å². The maximum Gasteiger partial charge on any atom is 0.0600 e. The van der Waals surface area contributed by atoms with Gasteiger partial charge in [0.1, 0.15) is 0 Å². The smallest absolute Gasteiger partial charge is 0.0600 e. The summed E-state index contributed by atoms with van der Waals surface area (Å²) in [6.07, 6.45) is 5.61. The van der Waals surface area contributed by atoms with Crippen LogP contribution in [0.3, 0.4) is 0 Å². The molecule has 0 saturated carbocycles. The van der Waals surface area contributed by atoms with Crippen molar-refractivity contribution in [2.75, 3.05) is 0 Å². The number of benzene rings is 1. The van der Waals surface area contributed by atoms with E-state index in [1.54, 1.807) is 11.6 Å². The predicted octanol–water partition coefficient (Wildman–Crippen LogP) is 6.05. The van der Waals surface area contributed by atoms with Gasteiger partial charge in [0.05, 0.1) is 12.2 Å². The maximum atomic E-state index is 10.4. The minimum absolute atomic E-state index is 0.214. The van der Waals surface area contributed by atoms with Gasteiger partial charge in [0.15, 0.2) is 0 Å². The summed E-state index contributed by atoms with van der Waals surface area (Å²) < 4.78 is 0. The molecule has 4 unspecified atom stereocenters. The molecule has 1 rings (SSSR count). The van der Waals surface area contributed by atoms with E-state index < -0.39 is 0 Å². The monoisotopic (exact) mass is 398 g/mol. The molecule has 26 heavy (non-hydrogen) atoms. The van der Waals surface area contributed by atoms with Crippen LogP contribution in [0.2, 0.25) is 0 Å². The van der Waals surface area contributed by atoms with Gasteiger partial charge in [0, 0.05) is 11.1 Å². The fraction of sp³-hybridized carbons (Fsp3) is 0.545. The summed E-state index contributed by atoms with van der Waals surface area (Å²) in [6.45, 7) is 4.24. The first-order chi connectivity index (χ1) is 12.5. The van der Waals surface area contributed by atoms with Crippen molar-refractivity contribution in [1.82, 2.24) is 0 Å². The zero-order chi connectivity index (χ0) is 19.4. The summed E-state index contributed by atoms with van der Waals surface area (Å²) in [5, 5.41) is 20.4. The fourth-order valence-corrected chi connectivity index (χ4v) is 3.50. The van der Waals surface area contributed by atoms with Gasteiger partial charge in [0.2, 0.25) is 0 Å². The molecule has 0 radical (unpaired) electrons. The summed E-state index contributed by atoms with van der Waals surface area (Å²) in [5.74, 6) is 0.665. The van der Waals surface area contributed by atoms with Crippen LogP contribution in [0.25, 0.3) is 0 Å². The molecule has 1 aromatic rings. The molecule has 2 N–H and O–H groups in total. The lowest BCUT2D eigenvalue weighted by Gasteiger charge is -2.22. The highest BCUT2D eigenvalue weighted by atomic mass is 35.5. The molecule has 0 amide bonds. The first kappa shape index (κ1) is 23.2. The average molecular weight is 399 g/mol. The van der Waals surface area contributed by atoms with Crippen LogP contribution in [0.15, 0.2) is 53.1 Å². The number of hydrogen-bond acceptors (Lipinski definition) is 2. The summed E-state index contributed by atoms with van der Waals surface area (Å²) in [4.78, 5) is 0. The minimum Gasteiger partial charge on any atom is -0.393 e. The van der Waals surface area contributed by atoms with E-state index in [4.69, 9.17) is 23.2 Å².